The van der Waals surface area contributed by atoms with E-state index in [4.69, 9.17) is 5.11 Å². The molecule has 1 aliphatic rings. The van der Waals surface area contributed by atoms with Gasteiger partial charge >= 0.3 is 12.0 Å². The van der Waals surface area contributed by atoms with Gasteiger partial charge in [-0.2, -0.15) is 0 Å². The number of nitrogens with one attached hydrogen (secondary N) is 1. The Morgan fingerprint density at radius 3 is 2.53 bits per heavy atom. The minimum atomic E-state index is -0.827. The van der Waals surface area contributed by atoms with Gasteiger partial charge in [0.05, 0.1) is 5.92 Å². The van der Waals surface area contributed by atoms with Crippen molar-refractivity contribution in [3.63, 3.8) is 0 Å². The molecule has 0 aromatic heterocycles. The maximum absolute atomic E-state index is 11.4. The average molecular weight is 215 g/mol. The first-order chi connectivity index (χ1) is 7.00. The Morgan fingerprint density at radius 2 is 2.07 bits per heavy atom. The molecule has 6 nitrogen and oxygen atoms in total. The van der Waals surface area contributed by atoms with Gasteiger partial charge in [0.25, 0.3) is 0 Å². The van der Waals surface area contributed by atoms with Crippen LogP contribution in [-0.4, -0.2) is 67.2 Å². The van der Waals surface area contributed by atoms with Crippen LogP contribution in [-0.2, 0) is 4.79 Å². The highest BCUT2D eigenvalue weighted by molar-refractivity contribution is 5.79. The Labute approximate surface area is 88.8 Å². The van der Waals surface area contributed by atoms with Crippen molar-refractivity contribution in [2.45, 2.75) is 0 Å². The average Bonchev–Trinajstić information content (AvgIpc) is 1.99. The summed E-state index contributed by atoms with van der Waals surface area (Å²) in [5.74, 6) is -1.21. The Bertz CT molecular complexity index is 249. The van der Waals surface area contributed by atoms with Crippen LogP contribution in [0.25, 0.3) is 0 Å². The lowest BCUT2D eigenvalue weighted by atomic mass is 10.0. The molecule has 0 aromatic carbocycles. The Hall–Kier alpha value is -1.30. The van der Waals surface area contributed by atoms with Gasteiger partial charge in [-0.15, -0.1) is 0 Å². The smallest absolute Gasteiger partial charge is 0.317 e. The molecule has 0 saturated carbocycles. The van der Waals surface area contributed by atoms with Gasteiger partial charge in [-0.05, 0) is 14.1 Å². The second-order valence-corrected chi connectivity index (χ2v) is 3.98. The number of rotatable bonds is 4. The SMILES string of the molecule is CN(C)CCNC(=O)N1CC(C(=O)O)C1. The van der Waals surface area contributed by atoms with E-state index in [1.807, 2.05) is 19.0 Å². The number of amides is 2. The molecule has 0 radical (unpaired) electrons. The summed E-state index contributed by atoms with van der Waals surface area (Å²) in [6.45, 7) is 2.01. The van der Waals surface area contributed by atoms with Crippen LogP contribution in [0.5, 0.6) is 0 Å². The predicted molar refractivity (Wildman–Crippen MR) is 54.7 cm³/mol. The summed E-state index contributed by atoms with van der Waals surface area (Å²) in [5.41, 5.74) is 0. The first-order valence-corrected chi connectivity index (χ1v) is 4.91. The van der Waals surface area contributed by atoms with Crippen LogP contribution in [0.4, 0.5) is 4.79 Å². The van der Waals surface area contributed by atoms with E-state index in [-0.39, 0.29) is 11.9 Å². The number of aliphatic carboxylic acids is 1. The van der Waals surface area contributed by atoms with Crippen LogP contribution >= 0.6 is 0 Å². The molecule has 0 bridgehead atoms. The van der Waals surface area contributed by atoms with E-state index in [1.165, 1.54) is 4.90 Å². The molecule has 0 atom stereocenters. The largest absolute Gasteiger partial charge is 0.481 e. The molecule has 6 heteroatoms. The molecule has 1 saturated heterocycles. The van der Waals surface area contributed by atoms with Crippen molar-refractivity contribution in [2.24, 2.45) is 5.92 Å². The predicted octanol–water partition coefficient (Wildman–Crippen LogP) is -0.726. The van der Waals surface area contributed by atoms with E-state index < -0.39 is 5.97 Å². The number of carbonyl (C=O) groups excluding carboxylic acids is 1. The molecule has 1 heterocycles. The molecule has 86 valence electrons. The Balaban J connectivity index is 2.13. The van der Waals surface area contributed by atoms with Crippen LogP contribution in [0.2, 0.25) is 0 Å². The zero-order chi connectivity index (χ0) is 11.4. The summed E-state index contributed by atoms with van der Waals surface area (Å²) in [6, 6.07) is -0.172. The number of likely N-dealkylation sites (N-methyl/N-ethyl adjacent to an activating group) is 1. The molecule has 2 N–H and O–H groups in total. The van der Waals surface area contributed by atoms with Gasteiger partial charge in [-0.25, -0.2) is 4.79 Å². The van der Waals surface area contributed by atoms with Gasteiger partial charge in [-0.1, -0.05) is 0 Å². The van der Waals surface area contributed by atoms with Gasteiger partial charge < -0.3 is 20.2 Å². The van der Waals surface area contributed by atoms with Gasteiger partial charge in [0.2, 0.25) is 0 Å². The number of nitrogens with zero attached hydrogens (tertiary/aromatic N) is 2. The van der Waals surface area contributed by atoms with Crippen molar-refractivity contribution in [2.75, 3.05) is 40.3 Å². The molecule has 2 amide bonds. The van der Waals surface area contributed by atoms with E-state index in [9.17, 15) is 9.59 Å². The number of carboxylic acids is 1. The lowest BCUT2D eigenvalue weighted by Crippen LogP contribution is -2.56. The second kappa shape index (κ2) is 4.97. The van der Waals surface area contributed by atoms with Crippen LogP contribution in [0.3, 0.4) is 0 Å². The van der Waals surface area contributed by atoms with Crippen molar-refractivity contribution >= 4 is 12.0 Å². The van der Waals surface area contributed by atoms with E-state index in [1.54, 1.807) is 0 Å². The molecule has 15 heavy (non-hydrogen) atoms. The third kappa shape index (κ3) is 3.39. The highest BCUT2D eigenvalue weighted by Gasteiger charge is 2.35. The topological polar surface area (TPSA) is 72.9 Å². The van der Waals surface area contributed by atoms with Gasteiger partial charge in [-0.3, -0.25) is 4.79 Å². The fourth-order valence-electron chi connectivity index (χ4n) is 1.30. The highest BCUT2D eigenvalue weighted by Crippen LogP contribution is 2.14. The zero-order valence-corrected chi connectivity index (χ0v) is 9.06. The first kappa shape index (κ1) is 11.8. The van der Waals surface area contributed by atoms with E-state index in [0.717, 1.165) is 6.54 Å². The molecular weight excluding hydrogens is 198 g/mol. The third-order valence-electron chi connectivity index (χ3n) is 2.35. The standard InChI is InChI=1S/C9H17N3O3/c1-11(2)4-3-10-9(15)12-5-7(6-12)8(13)14/h7H,3-6H2,1-2H3,(H,10,15)(H,13,14). The maximum atomic E-state index is 11.4. The minimum Gasteiger partial charge on any atom is -0.481 e. The fourth-order valence-corrected chi connectivity index (χ4v) is 1.30. The van der Waals surface area contributed by atoms with Crippen LogP contribution in [0.15, 0.2) is 0 Å². The molecule has 0 aromatic rings. The van der Waals surface area contributed by atoms with E-state index in [2.05, 4.69) is 5.32 Å². The Kier molecular flexibility index (Phi) is 3.90. The van der Waals surface area contributed by atoms with Crippen molar-refractivity contribution in [1.82, 2.24) is 15.1 Å². The first-order valence-electron chi connectivity index (χ1n) is 4.91. The van der Waals surface area contributed by atoms with Crippen molar-refractivity contribution in [3.8, 4) is 0 Å². The van der Waals surface area contributed by atoms with Gasteiger partial charge in [0, 0.05) is 26.2 Å². The zero-order valence-electron chi connectivity index (χ0n) is 9.06. The van der Waals surface area contributed by atoms with Crippen molar-refractivity contribution in [1.29, 1.82) is 0 Å². The summed E-state index contributed by atoms with van der Waals surface area (Å²) < 4.78 is 0. The second-order valence-electron chi connectivity index (χ2n) is 3.98. The number of carbonyl (C=O) groups is 2. The summed E-state index contributed by atoms with van der Waals surface area (Å²) in [6.07, 6.45) is 0. The summed E-state index contributed by atoms with van der Waals surface area (Å²) in [7, 11) is 3.85. The summed E-state index contributed by atoms with van der Waals surface area (Å²) in [4.78, 5) is 25.3. The lowest BCUT2D eigenvalue weighted by Gasteiger charge is -2.36. The molecule has 0 unspecified atom stereocenters. The number of hydrogen-bond acceptors (Lipinski definition) is 3. The molecule has 0 spiro atoms. The van der Waals surface area contributed by atoms with Gasteiger partial charge in [0.15, 0.2) is 0 Å². The molecule has 1 aliphatic heterocycles. The van der Waals surface area contributed by atoms with Crippen LogP contribution in [0, 0.1) is 5.92 Å². The molecule has 0 aliphatic carbocycles. The highest BCUT2D eigenvalue weighted by atomic mass is 16.4. The van der Waals surface area contributed by atoms with E-state index in [0.29, 0.717) is 19.6 Å². The minimum absolute atomic E-state index is 0.172. The van der Waals surface area contributed by atoms with Crippen molar-refractivity contribution < 1.29 is 14.7 Å². The van der Waals surface area contributed by atoms with Crippen molar-refractivity contribution in [3.05, 3.63) is 0 Å². The van der Waals surface area contributed by atoms with E-state index >= 15 is 0 Å². The van der Waals surface area contributed by atoms with Crippen LogP contribution < -0.4 is 5.32 Å². The molecular formula is C9H17N3O3. The number of likely N-dealkylation sites (tertiary alicyclic amines) is 1. The Morgan fingerprint density at radius 1 is 1.47 bits per heavy atom. The number of urea groups is 1. The fraction of sp³-hybridized carbons (Fsp3) is 0.778. The maximum Gasteiger partial charge on any atom is 0.317 e. The third-order valence-corrected chi connectivity index (χ3v) is 2.35. The lowest BCUT2D eigenvalue weighted by molar-refractivity contribution is -0.146. The molecule has 1 rings (SSSR count). The number of hydrogen-bond donors (Lipinski definition) is 2. The van der Waals surface area contributed by atoms with Crippen LogP contribution in [0.1, 0.15) is 0 Å². The molecule has 1 fully saturated rings. The normalized spacial score (nSPS) is 16.3. The summed E-state index contributed by atoms with van der Waals surface area (Å²) >= 11 is 0. The monoisotopic (exact) mass is 215 g/mol. The quantitative estimate of drug-likeness (QED) is 0.648. The summed E-state index contributed by atoms with van der Waals surface area (Å²) in [5, 5.41) is 11.3. The number of carboxylic acid groups (broad SMARTS) is 1. The van der Waals surface area contributed by atoms with Gasteiger partial charge in [0.1, 0.15) is 0 Å².